The van der Waals surface area contributed by atoms with Crippen molar-refractivity contribution in [1.82, 2.24) is 4.98 Å². The second-order valence-corrected chi connectivity index (χ2v) is 9.58. The molecule has 5 rings (SSSR count). The standard InChI is InChI=1S/C21H12N2O5S3/c24-17(13-4-2-8-30-13)15-16(12-3-1-7-29-12)23(19(26)18(15)25)21-22-11-6-5-10(20(27)28)9-14(11)31-21/h1-9,16,25H,(H,27,28). The monoisotopic (exact) mass is 468 g/mol. The summed E-state index contributed by atoms with van der Waals surface area (Å²) in [4.78, 5) is 44.5. The van der Waals surface area contributed by atoms with Crippen molar-refractivity contribution < 1.29 is 24.6 Å². The third-order valence-electron chi connectivity index (χ3n) is 4.84. The number of carboxylic acids is 1. The number of aliphatic hydroxyl groups excluding tert-OH is 1. The minimum absolute atomic E-state index is 0.0142. The van der Waals surface area contributed by atoms with Gasteiger partial charge >= 0.3 is 5.97 Å². The van der Waals surface area contributed by atoms with Gasteiger partial charge in [-0.25, -0.2) is 9.78 Å². The Morgan fingerprint density at radius 1 is 1.06 bits per heavy atom. The first-order valence-electron chi connectivity index (χ1n) is 8.98. The van der Waals surface area contributed by atoms with Crippen LogP contribution in [0.4, 0.5) is 5.13 Å². The molecule has 0 fully saturated rings. The molecular formula is C21H12N2O5S3. The fraction of sp³-hybridized carbons (Fsp3) is 0.0476. The van der Waals surface area contributed by atoms with Crippen LogP contribution in [0.2, 0.25) is 0 Å². The minimum Gasteiger partial charge on any atom is -0.503 e. The normalized spacial score (nSPS) is 16.5. The van der Waals surface area contributed by atoms with E-state index in [4.69, 9.17) is 0 Å². The van der Waals surface area contributed by atoms with Gasteiger partial charge in [-0.15, -0.1) is 22.7 Å². The zero-order valence-corrected chi connectivity index (χ0v) is 18.0. The molecular weight excluding hydrogens is 456 g/mol. The Hall–Kier alpha value is -3.34. The summed E-state index contributed by atoms with van der Waals surface area (Å²) in [5.41, 5.74) is 0.653. The molecule has 1 aliphatic rings. The number of aromatic nitrogens is 1. The molecule has 31 heavy (non-hydrogen) atoms. The molecule has 3 aromatic heterocycles. The highest BCUT2D eigenvalue weighted by Crippen LogP contribution is 2.45. The van der Waals surface area contributed by atoms with E-state index >= 15 is 0 Å². The smallest absolute Gasteiger partial charge is 0.335 e. The number of nitrogens with zero attached hydrogens (tertiary/aromatic N) is 2. The molecule has 4 aromatic rings. The lowest BCUT2D eigenvalue weighted by atomic mass is 10.0. The van der Waals surface area contributed by atoms with E-state index in [1.54, 1.807) is 29.6 Å². The summed E-state index contributed by atoms with van der Waals surface area (Å²) in [5, 5.41) is 23.8. The second kappa shape index (κ2) is 7.41. The zero-order valence-electron chi connectivity index (χ0n) is 15.5. The molecule has 1 atom stereocenters. The van der Waals surface area contributed by atoms with Crippen LogP contribution in [0.5, 0.6) is 0 Å². The van der Waals surface area contributed by atoms with Gasteiger partial charge in [0, 0.05) is 4.88 Å². The number of ketones is 1. The molecule has 0 saturated carbocycles. The summed E-state index contributed by atoms with van der Waals surface area (Å²) in [6.07, 6.45) is 0. The Labute approximate surface area is 187 Å². The number of carboxylic acid groups (broad SMARTS) is 1. The van der Waals surface area contributed by atoms with Crippen molar-refractivity contribution in [2.75, 3.05) is 4.90 Å². The van der Waals surface area contributed by atoms with Crippen LogP contribution in [-0.2, 0) is 4.79 Å². The third kappa shape index (κ3) is 3.16. The van der Waals surface area contributed by atoms with Crippen molar-refractivity contribution >= 4 is 67.0 Å². The van der Waals surface area contributed by atoms with Crippen LogP contribution in [0.3, 0.4) is 0 Å². The quantitative estimate of drug-likeness (QED) is 0.403. The van der Waals surface area contributed by atoms with Crippen molar-refractivity contribution in [2.24, 2.45) is 0 Å². The van der Waals surface area contributed by atoms with E-state index in [0.717, 1.165) is 11.3 Å². The number of Topliss-reactive ketones (excluding diaryl/α,β-unsaturated/α-hetero) is 1. The summed E-state index contributed by atoms with van der Waals surface area (Å²) in [6.45, 7) is 0. The number of aromatic carboxylic acids is 1. The number of hydrogen-bond acceptors (Lipinski definition) is 8. The number of aliphatic hydroxyl groups is 1. The van der Waals surface area contributed by atoms with E-state index in [1.165, 1.54) is 39.7 Å². The van der Waals surface area contributed by atoms with E-state index < -0.39 is 29.5 Å². The van der Waals surface area contributed by atoms with Gasteiger partial charge in [0.1, 0.15) is 6.04 Å². The van der Waals surface area contributed by atoms with Gasteiger partial charge in [0.25, 0.3) is 5.91 Å². The van der Waals surface area contributed by atoms with E-state index in [-0.39, 0.29) is 16.3 Å². The number of benzene rings is 1. The van der Waals surface area contributed by atoms with E-state index in [0.29, 0.717) is 20.0 Å². The third-order valence-corrected chi connectivity index (χ3v) is 7.65. The predicted octanol–water partition coefficient (Wildman–Crippen LogP) is 4.90. The highest BCUT2D eigenvalue weighted by atomic mass is 32.1. The number of rotatable bonds is 5. The summed E-state index contributed by atoms with van der Waals surface area (Å²) >= 11 is 3.73. The maximum absolute atomic E-state index is 13.2. The van der Waals surface area contributed by atoms with Crippen LogP contribution < -0.4 is 4.90 Å². The van der Waals surface area contributed by atoms with Crippen molar-refractivity contribution in [2.45, 2.75) is 6.04 Å². The number of amides is 1. The van der Waals surface area contributed by atoms with E-state index in [2.05, 4.69) is 4.98 Å². The molecule has 0 saturated heterocycles. The highest BCUT2D eigenvalue weighted by molar-refractivity contribution is 7.22. The predicted molar refractivity (Wildman–Crippen MR) is 119 cm³/mol. The molecule has 0 spiro atoms. The van der Waals surface area contributed by atoms with Crippen LogP contribution in [-0.4, -0.2) is 32.9 Å². The average molecular weight is 469 g/mol. The number of anilines is 1. The Bertz CT molecular complexity index is 1370. The van der Waals surface area contributed by atoms with Crippen molar-refractivity contribution in [1.29, 1.82) is 0 Å². The lowest BCUT2D eigenvalue weighted by Gasteiger charge is -2.22. The SMILES string of the molecule is O=C(O)c1ccc2nc(N3C(=O)C(O)=C(C(=O)c4cccs4)C3c3cccs3)sc2c1. The molecule has 2 N–H and O–H groups in total. The van der Waals surface area contributed by atoms with Crippen LogP contribution in [0, 0.1) is 0 Å². The number of carbonyl (C=O) groups is 3. The van der Waals surface area contributed by atoms with Gasteiger partial charge in [-0.3, -0.25) is 14.5 Å². The summed E-state index contributed by atoms with van der Waals surface area (Å²) in [5.74, 6) is -2.78. The fourth-order valence-corrected chi connectivity index (χ4v) is 5.97. The van der Waals surface area contributed by atoms with Crippen LogP contribution in [0.25, 0.3) is 10.2 Å². The van der Waals surface area contributed by atoms with Crippen LogP contribution in [0.1, 0.15) is 30.9 Å². The first-order chi connectivity index (χ1) is 15.0. The van der Waals surface area contributed by atoms with Crippen molar-refractivity contribution in [3.63, 3.8) is 0 Å². The zero-order chi connectivity index (χ0) is 21.7. The number of thiazole rings is 1. The Kier molecular flexibility index (Phi) is 4.69. The van der Waals surface area contributed by atoms with Gasteiger partial charge in [0.05, 0.1) is 26.2 Å². The molecule has 1 unspecified atom stereocenters. The largest absolute Gasteiger partial charge is 0.503 e. The molecule has 1 aliphatic heterocycles. The Morgan fingerprint density at radius 3 is 2.52 bits per heavy atom. The van der Waals surface area contributed by atoms with Gasteiger partial charge in [-0.05, 0) is 41.1 Å². The number of thiophene rings is 2. The molecule has 0 aliphatic carbocycles. The molecule has 7 nitrogen and oxygen atoms in total. The fourth-order valence-electron chi connectivity index (χ4n) is 3.44. The summed E-state index contributed by atoms with van der Waals surface area (Å²) in [7, 11) is 0. The Morgan fingerprint density at radius 2 is 1.84 bits per heavy atom. The summed E-state index contributed by atoms with van der Waals surface area (Å²) < 4.78 is 0.588. The molecule has 0 bridgehead atoms. The number of fused-ring (bicyclic) bond motifs is 1. The molecule has 1 amide bonds. The topological polar surface area (TPSA) is 108 Å². The van der Waals surface area contributed by atoms with Crippen molar-refractivity contribution in [3.8, 4) is 0 Å². The van der Waals surface area contributed by atoms with Gasteiger partial charge in [0.2, 0.25) is 5.78 Å². The molecule has 10 heteroatoms. The average Bonchev–Trinajstić information content (AvgIpc) is 3.54. The number of hydrogen-bond donors (Lipinski definition) is 2. The van der Waals surface area contributed by atoms with Gasteiger partial charge < -0.3 is 10.2 Å². The molecule has 0 radical (unpaired) electrons. The second-order valence-electron chi connectivity index (χ2n) is 6.65. The highest BCUT2D eigenvalue weighted by Gasteiger charge is 2.46. The Balaban J connectivity index is 1.65. The lowest BCUT2D eigenvalue weighted by molar-refractivity contribution is -0.117. The minimum atomic E-state index is -1.06. The van der Waals surface area contributed by atoms with E-state index in [1.807, 2.05) is 11.4 Å². The first-order valence-corrected chi connectivity index (χ1v) is 11.6. The summed E-state index contributed by atoms with van der Waals surface area (Å²) in [6, 6.07) is 10.7. The lowest BCUT2D eigenvalue weighted by Crippen LogP contribution is -2.30. The molecule has 4 heterocycles. The van der Waals surface area contributed by atoms with Crippen molar-refractivity contribution in [3.05, 3.63) is 79.9 Å². The van der Waals surface area contributed by atoms with E-state index in [9.17, 15) is 24.6 Å². The first kappa shape index (κ1) is 19.6. The maximum atomic E-state index is 13.2. The van der Waals surface area contributed by atoms with Crippen LogP contribution in [0.15, 0.2) is 64.6 Å². The van der Waals surface area contributed by atoms with Gasteiger partial charge in [-0.2, -0.15) is 0 Å². The molecule has 1 aromatic carbocycles. The maximum Gasteiger partial charge on any atom is 0.335 e. The number of carbonyl (C=O) groups excluding carboxylic acids is 2. The molecule has 154 valence electrons. The van der Waals surface area contributed by atoms with Crippen LogP contribution >= 0.6 is 34.0 Å². The van der Waals surface area contributed by atoms with Gasteiger partial charge in [0.15, 0.2) is 10.9 Å². The van der Waals surface area contributed by atoms with Gasteiger partial charge in [-0.1, -0.05) is 23.5 Å².